The fourth-order valence-corrected chi connectivity index (χ4v) is 1.67. The normalized spacial score (nSPS) is 14.8. The molecule has 1 aromatic rings. The monoisotopic (exact) mass is 220 g/mol. The summed E-state index contributed by atoms with van der Waals surface area (Å²) in [4.78, 5) is 10.7. The van der Waals surface area contributed by atoms with Gasteiger partial charge in [-0.2, -0.15) is 0 Å². The SMILES string of the molecule is Nc1cc(C(=O)O)ccc1NCCC1CC1. The van der Waals surface area contributed by atoms with Crippen LogP contribution in [0.4, 0.5) is 11.4 Å². The van der Waals surface area contributed by atoms with Crippen molar-refractivity contribution in [3.8, 4) is 0 Å². The van der Waals surface area contributed by atoms with E-state index in [4.69, 9.17) is 10.8 Å². The predicted octanol–water partition coefficient (Wildman–Crippen LogP) is 2.18. The second kappa shape index (κ2) is 4.43. The number of aromatic carboxylic acids is 1. The molecule has 2 rings (SSSR count). The van der Waals surface area contributed by atoms with E-state index in [-0.39, 0.29) is 5.56 Å². The maximum Gasteiger partial charge on any atom is 0.335 e. The summed E-state index contributed by atoms with van der Waals surface area (Å²) in [6.45, 7) is 0.904. The Morgan fingerprint density at radius 1 is 1.50 bits per heavy atom. The fraction of sp³-hybridized carbons (Fsp3) is 0.417. The molecule has 0 spiro atoms. The minimum atomic E-state index is -0.948. The van der Waals surface area contributed by atoms with Crippen LogP contribution >= 0.6 is 0 Å². The zero-order chi connectivity index (χ0) is 11.5. The highest BCUT2D eigenvalue weighted by Gasteiger charge is 2.20. The van der Waals surface area contributed by atoms with Crippen molar-refractivity contribution in [1.82, 2.24) is 0 Å². The number of anilines is 2. The Morgan fingerprint density at radius 2 is 2.25 bits per heavy atom. The van der Waals surface area contributed by atoms with E-state index in [9.17, 15) is 4.79 Å². The van der Waals surface area contributed by atoms with E-state index in [0.29, 0.717) is 5.69 Å². The summed E-state index contributed by atoms with van der Waals surface area (Å²) in [5.74, 6) is -0.0664. The zero-order valence-corrected chi connectivity index (χ0v) is 9.07. The minimum Gasteiger partial charge on any atom is -0.478 e. The second-order valence-electron chi connectivity index (χ2n) is 4.27. The molecule has 0 aliphatic heterocycles. The van der Waals surface area contributed by atoms with Crippen molar-refractivity contribution >= 4 is 17.3 Å². The van der Waals surface area contributed by atoms with Crippen molar-refractivity contribution in [3.05, 3.63) is 23.8 Å². The van der Waals surface area contributed by atoms with E-state index in [1.165, 1.54) is 25.3 Å². The molecule has 1 aromatic carbocycles. The molecule has 1 saturated carbocycles. The number of benzene rings is 1. The van der Waals surface area contributed by atoms with Gasteiger partial charge in [0.2, 0.25) is 0 Å². The average molecular weight is 220 g/mol. The largest absolute Gasteiger partial charge is 0.478 e. The number of carbonyl (C=O) groups is 1. The van der Waals surface area contributed by atoms with Crippen LogP contribution in [0.15, 0.2) is 18.2 Å². The summed E-state index contributed by atoms with van der Waals surface area (Å²) >= 11 is 0. The number of carboxylic acid groups (broad SMARTS) is 1. The Balaban J connectivity index is 1.95. The van der Waals surface area contributed by atoms with Gasteiger partial charge in [-0.3, -0.25) is 0 Å². The molecule has 0 heterocycles. The third-order valence-corrected chi connectivity index (χ3v) is 2.86. The molecular weight excluding hydrogens is 204 g/mol. The first-order chi connectivity index (χ1) is 7.66. The molecule has 0 bridgehead atoms. The molecule has 0 amide bonds. The maximum atomic E-state index is 10.7. The van der Waals surface area contributed by atoms with E-state index in [0.717, 1.165) is 18.2 Å². The van der Waals surface area contributed by atoms with Gasteiger partial charge < -0.3 is 16.2 Å². The van der Waals surface area contributed by atoms with E-state index in [2.05, 4.69) is 5.32 Å². The lowest BCUT2D eigenvalue weighted by atomic mass is 10.1. The molecule has 1 aliphatic carbocycles. The standard InChI is InChI=1S/C12H16N2O2/c13-10-7-9(12(15)16)3-4-11(10)14-6-5-8-1-2-8/h3-4,7-8,14H,1-2,5-6,13H2,(H,15,16). The van der Waals surface area contributed by atoms with Gasteiger partial charge in [0.1, 0.15) is 0 Å². The van der Waals surface area contributed by atoms with Gasteiger partial charge in [0.25, 0.3) is 0 Å². The lowest BCUT2D eigenvalue weighted by Gasteiger charge is -2.09. The van der Waals surface area contributed by atoms with Crippen LogP contribution in [0, 0.1) is 5.92 Å². The number of nitrogens with two attached hydrogens (primary N) is 1. The molecule has 0 saturated heterocycles. The van der Waals surface area contributed by atoms with Gasteiger partial charge in [-0.05, 0) is 30.5 Å². The summed E-state index contributed by atoms with van der Waals surface area (Å²) < 4.78 is 0. The summed E-state index contributed by atoms with van der Waals surface area (Å²) in [6, 6.07) is 4.78. The number of hydrogen-bond donors (Lipinski definition) is 3. The third-order valence-electron chi connectivity index (χ3n) is 2.86. The first-order valence-electron chi connectivity index (χ1n) is 5.53. The van der Waals surface area contributed by atoms with Crippen LogP contribution < -0.4 is 11.1 Å². The molecule has 16 heavy (non-hydrogen) atoms. The molecule has 4 N–H and O–H groups in total. The van der Waals surface area contributed by atoms with Gasteiger partial charge >= 0.3 is 5.97 Å². The Kier molecular flexibility index (Phi) is 2.99. The Morgan fingerprint density at radius 3 is 2.81 bits per heavy atom. The van der Waals surface area contributed by atoms with Crippen molar-refractivity contribution in [2.24, 2.45) is 5.92 Å². The van der Waals surface area contributed by atoms with Crippen molar-refractivity contribution in [1.29, 1.82) is 0 Å². The number of hydrogen-bond acceptors (Lipinski definition) is 3. The first-order valence-corrected chi connectivity index (χ1v) is 5.53. The summed E-state index contributed by atoms with van der Waals surface area (Å²) in [5.41, 5.74) is 7.31. The molecule has 4 heteroatoms. The topological polar surface area (TPSA) is 75.4 Å². The van der Waals surface area contributed by atoms with E-state index >= 15 is 0 Å². The molecule has 0 unspecified atom stereocenters. The number of carboxylic acids is 1. The minimum absolute atomic E-state index is 0.227. The van der Waals surface area contributed by atoms with Crippen LogP contribution in [0.5, 0.6) is 0 Å². The lowest BCUT2D eigenvalue weighted by molar-refractivity contribution is 0.0697. The molecule has 1 fully saturated rings. The summed E-state index contributed by atoms with van der Waals surface area (Å²) in [7, 11) is 0. The zero-order valence-electron chi connectivity index (χ0n) is 9.07. The van der Waals surface area contributed by atoms with Crippen LogP contribution in [0.3, 0.4) is 0 Å². The molecule has 4 nitrogen and oxygen atoms in total. The van der Waals surface area contributed by atoms with E-state index < -0.39 is 5.97 Å². The van der Waals surface area contributed by atoms with Gasteiger partial charge in [-0.15, -0.1) is 0 Å². The van der Waals surface area contributed by atoms with Gasteiger partial charge in [0.15, 0.2) is 0 Å². The van der Waals surface area contributed by atoms with Gasteiger partial charge in [0.05, 0.1) is 16.9 Å². The predicted molar refractivity (Wildman–Crippen MR) is 63.6 cm³/mol. The van der Waals surface area contributed by atoms with E-state index in [1.807, 2.05) is 0 Å². The van der Waals surface area contributed by atoms with Gasteiger partial charge in [-0.25, -0.2) is 4.79 Å². The Labute approximate surface area is 94.5 Å². The highest BCUT2D eigenvalue weighted by molar-refractivity contribution is 5.90. The highest BCUT2D eigenvalue weighted by atomic mass is 16.4. The van der Waals surface area contributed by atoms with E-state index in [1.54, 1.807) is 12.1 Å². The van der Waals surface area contributed by atoms with Gasteiger partial charge in [-0.1, -0.05) is 12.8 Å². The molecule has 0 radical (unpaired) electrons. The quantitative estimate of drug-likeness (QED) is 0.665. The molecular formula is C12H16N2O2. The number of nitrogen functional groups attached to an aromatic ring is 1. The molecule has 0 aromatic heterocycles. The highest BCUT2D eigenvalue weighted by Crippen LogP contribution is 2.32. The van der Waals surface area contributed by atoms with Crippen LogP contribution in [0.2, 0.25) is 0 Å². The van der Waals surface area contributed by atoms with Crippen molar-refractivity contribution in [2.75, 3.05) is 17.6 Å². The number of rotatable bonds is 5. The summed E-state index contributed by atoms with van der Waals surface area (Å²) in [6.07, 6.45) is 3.85. The number of nitrogens with one attached hydrogen (secondary N) is 1. The maximum absolute atomic E-state index is 10.7. The van der Waals surface area contributed by atoms with Crippen LogP contribution in [0.1, 0.15) is 29.6 Å². The third kappa shape index (κ3) is 2.66. The Bertz CT molecular complexity index is 400. The van der Waals surface area contributed by atoms with Gasteiger partial charge in [0, 0.05) is 6.54 Å². The second-order valence-corrected chi connectivity index (χ2v) is 4.27. The Hall–Kier alpha value is -1.71. The van der Waals surface area contributed by atoms with Crippen molar-refractivity contribution in [3.63, 3.8) is 0 Å². The average Bonchev–Trinajstić information content (AvgIpc) is 3.04. The van der Waals surface area contributed by atoms with Crippen LogP contribution in [-0.2, 0) is 0 Å². The van der Waals surface area contributed by atoms with Crippen LogP contribution in [-0.4, -0.2) is 17.6 Å². The smallest absolute Gasteiger partial charge is 0.335 e. The van der Waals surface area contributed by atoms with Crippen molar-refractivity contribution < 1.29 is 9.90 Å². The van der Waals surface area contributed by atoms with Crippen LogP contribution in [0.25, 0.3) is 0 Å². The molecule has 0 atom stereocenters. The van der Waals surface area contributed by atoms with Crippen molar-refractivity contribution in [2.45, 2.75) is 19.3 Å². The lowest BCUT2D eigenvalue weighted by Crippen LogP contribution is -2.06. The first kappa shape index (κ1) is 10.8. The fourth-order valence-electron chi connectivity index (χ4n) is 1.67. The summed E-state index contributed by atoms with van der Waals surface area (Å²) in [5, 5.41) is 12.0. The molecule has 1 aliphatic rings. The molecule has 86 valence electrons.